The van der Waals surface area contributed by atoms with E-state index in [0.717, 1.165) is 83.5 Å². The topological polar surface area (TPSA) is 214 Å². The van der Waals surface area contributed by atoms with E-state index in [1.807, 2.05) is 0 Å². The average Bonchev–Trinajstić information content (AvgIpc) is 3.37. The fraction of sp³-hybridized carbons (Fsp3) is 0.737. The SMILES string of the molecule is CC/C=C\C/C=C\C/C=C\C/C=C\C/C=C\CCCCCC(=O)OC(COCCCCCCCCCC/C=C\C/C=C\CCCCC)COC1OC(COC2OC(CO)C(O)C(O)C2O)C(O)C(O)C1O. The van der Waals surface area contributed by atoms with Crippen molar-refractivity contribution in [2.45, 2.75) is 235 Å². The molecule has 2 saturated heterocycles. The quantitative estimate of drug-likeness (QED) is 0.0173. The maximum absolute atomic E-state index is 13.0. The predicted molar refractivity (Wildman–Crippen MR) is 279 cm³/mol. The van der Waals surface area contributed by atoms with Gasteiger partial charge in [-0.1, -0.05) is 157 Å². The Morgan fingerprint density at radius 3 is 1.44 bits per heavy atom. The number of rotatable bonds is 42. The lowest BCUT2D eigenvalue weighted by Crippen LogP contribution is -2.61. The van der Waals surface area contributed by atoms with Gasteiger partial charge in [-0.3, -0.25) is 4.79 Å². The first-order valence-corrected chi connectivity index (χ1v) is 27.2. The minimum atomic E-state index is -1.72. The summed E-state index contributed by atoms with van der Waals surface area (Å²) in [4.78, 5) is 13.0. The van der Waals surface area contributed by atoms with Gasteiger partial charge in [-0.05, 0) is 89.9 Å². The largest absolute Gasteiger partial charge is 0.457 e. The van der Waals surface area contributed by atoms with E-state index in [1.165, 1.54) is 57.8 Å². The van der Waals surface area contributed by atoms with Crippen LogP contribution in [0.25, 0.3) is 0 Å². The van der Waals surface area contributed by atoms with Crippen molar-refractivity contribution < 1.29 is 69.0 Å². The number of allylic oxidation sites excluding steroid dienone is 14. The standard InChI is InChI=1S/C57H96O14/c1-3-5-7-9-11-13-15-17-19-21-23-24-26-28-30-32-34-36-38-40-49(59)69-46(43-66-41-39-37-35-33-31-29-27-25-22-20-18-16-14-12-10-8-6-4-2)44-67-56-55(65)53(63)51(61)48(71-56)45-68-57-54(64)52(62)50(60)47(42-58)70-57/h5,7,11-14,17-20,23-24,28,30,46-48,50-58,60-65H,3-4,6,8-10,15-16,21-22,25-27,29,31-45H2,1-2H3/b7-5-,13-11-,14-12-,19-17-,20-18-,24-23-,30-28-. The zero-order chi connectivity index (χ0) is 51.6. The Labute approximate surface area is 427 Å². The molecule has 0 radical (unpaired) electrons. The molecule has 14 heteroatoms. The van der Waals surface area contributed by atoms with E-state index in [-0.39, 0.29) is 19.6 Å². The molecule has 2 heterocycles. The third-order valence-corrected chi connectivity index (χ3v) is 12.4. The molecule has 0 amide bonds. The molecule has 11 unspecified atom stereocenters. The van der Waals surface area contributed by atoms with Crippen LogP contribution in [0, 0.1) is 0 Å². The summed E-state index contributed by atoms with van der Waals surface area (Å²) in [6.07, 6.45) is 39.2. The molecule has 2 aliphatic rings. The Hall–Kier alpha value is -2.83. The lowest BCUT2D eigenvalue weighted by atomic mass is 9.98. The molecule has 0 bridgehead atoms. The summed E-state index contributed by atoms with van der Waals surface area (Å²) in [7, 11) is 0. The minimum absolute atomic E-state index is 0.0388. The molecule has 0 aliphatic carbocycles. The highest BCUT2D eigenvalue weighted by Crippen LogP contribution is 2.26. The van der Waals surface area contributed by atoms with Gasteiger partial charge < -0.3 is 64.2 Å². The van der Waals surface area contributed by atoms with Crippen LogP contribution in [-0.4, -0.2) is 142 Å². The zero-order valence-electron chi connectivity index (χ0n) is 43.4. The molecule has 14 nitrogen and oxygen atoms in total. The first kappa shape index (κ1) is 64.3. The molecule has 0 saturated carbocycles. The number of carbonyl (C=O) groups is 1. The summed E-state index contributed by atoms with van der Waals surface area (Å²) >= 11 is 0. The lowest BCUT2D eigenvalue weighted by molar-refractivity contribution is -0.332. The molecule has 0 aromatic heterocycles. The maximum Gasteiger partial charge on any atom is 0.306 e. The Morgan fingerprint density at radius 2 is 0.915 bits per heavy atom. The van der Waals surface area contributed by atoms with E-state index in [2.05, 4.69) is 98.9 Å². The molecule has 2 fully saturated rings. The average molecular weight is 1010 g/mol. The number of carbonyl (C=O) groups excluding carboxylic acids is 1. The second-order valence-corrected chi connectivity index (χ2v) is 18.7. The van der Waals surface area contributed by atoms with Crippen LogP contribution in [0.15, 0.2) is 85.1 Å². The Morgan fingerprint density at radius 1 is 0.479 bits per heavy atom. The van der Waals surface area contributed by atoms with Gasteiger partial charge in [0.15, 0.2) is 12.6 Å². The zero-order valence-corrected chi connectivity index (χ0v) is 43.4. The molecule has 71 heavy (non-hydrogen) atoms. The van der Waals surface area contributed by atoms with Crippen molar-refractivity contribution in [2.75, 3.05) is 33.0 Å². The number of aliphatic hydroxyl groups excluding tert-OH is 7. The molecule has 0 aromatic carbocycles. The number of ether oxygens (including phenoxy) is 6. The van der Waals surface area contributed by atoms with Crippen LogP contribution in [0.2, 0.25) is 0 Å². The fourth-order valence-electron chi connectivity index (χ4n) is 7.99. The summed E-state index contributed by atoms with van der Waals surface area (Å²) in [5.41, 5.74) is 0. The van der Waals surface area contributed by atoms with E-state index < -0.39 is 86.7 Å². The minimum Gasteiger partial charge on any atom is -0.457 e. The van der Waals surface area contributed by atoms with E-state index in [9.17, 15) is 40.5 Å². The first-order valence-electron chi connectivity index (χ1n) is 27.2. The van der Waals surface area contributed by atoms with Gasteiger partial charge >= 0.3 is 5.97 Å². The molecule has 2 rings (SSSR count). The highest BCUT2D eigenvalue weighted by molar-refractivity contribution is 5.69. The van der Waals surface area contributed by atoms with Gasteiger partial charge in [-0.15, -0.1) is 0 Å². The predicted octanol–water partition coefficient (Wildman–Crippen LogP) is 8.85. The van der Waals surface area contributed by atoms with Gasteiger partial charge in [0.2, 0.25) is 0 Å². The number of aliphatic hydroxyl groups is 7. The lowest BCUT2D eigenvalue weighted by Gasteiger charge is -2.42. The first-order chi connectivity index (χ1) is 34.6. The van der Waals surface area contributed by atoms with Crippen LogP contribution < -0.4 is 0 Å². The fourth-order valence-corrected chi connectivity index (χ4v) is 7.99. The number of unbranched alkanes of at least 4 members (excludes halogenated alkanes) is 14. The van der Waals surface area contributed by atoms with Crippen molar-refractivity contribution >= 4 is 5.97 Å². The van der Waals surface area contributed by atoms with Crippen molar-refractivity contribution in [2.24, 2.45) is 0 Å². The van der Waals surface area contributed by atoms with Crippen molar-refractivity contribution in [3.05, 3.63) is 85.1 Å². The number of hydrogen-bond acceptors (Lipinski definition) is 14. The number of esters is 1. The van der Waals surface area contributed by atoms with Crippen molar-refractivity contribution in [3.8, 4) is 0 Å². The molecule has 0 aromatic rings. The summed E-state index contributed by atoms with van der Waals surface area (Å²) < 4.78 is 34.3. The van der Waals surface area contributed by atoms with Crippen LogP contribution in [-0.2, 0) is 33.2 Å². The summed E-state index contributed by atoms with van der Waals surface area (Å²) in [6.45, 7) is 3.48. The van der Waals surface area contributed by atoms with Crippen molar-refractivity contribution in [3.63, 3.8) is 0 Å². The van der Waals surface area contributed by atoms with Crippen molar-refractivity contribution in [1.29, 1.82) is 0 Å². The summed E-state index contributed by atoms with van der Waals surface area (Å²) in [6, 6.07) is 0. The Kier molecular flexibility index (Phi) is 39.4. The third kappa shape index (κ3) is 30.8. The molecule has 11 atom stereocenters. The van der Waals surface area contributed by atoms with Gasteiger partial charge in [0, 0.05) is 13.0 Å². The van der Waals surface area contributed by atoms with Crippen LogP contribution in [0.4, 0.5) is 0 Å². The van der Waals surface area contributed by atoms with Crippen LogP contribution in [0.3, 0.4) is 0 Å². The third-order valence-electron chi connectivity index (χ3n) is 12.4. The normalized spacial score (nSPS) is 26.0. The highest BCUT2D eigenvalue weighted by atomic mass is 16.7. The van der Waals surface area contributed by atoms with Crippen LogP contribution in [0.5, 0.6) is 0 Å². The van der Waals surface area contributed by atoms with E-state index in [1.54, 1.807) is 0 Å². The highest BCUT2D eigenvalue weighted by Gasteiger charge is 2.47. The Bertz CT molecular complexity index is 1490. The van der Waals surface area contributed by atoms with E-state index >= 15 is 0 Å². The number of hydrogen-bond donors (Lipinski definition) is 7. The summed E-state index contributed by atoms with van der Waals surface area (Å²) in [5, 5.41) is 72.2. The molecule has 0 spiro atoms. The monoisotopic (exact) mass is 1000 g/mol. The van der Waals surface area contributed by atoms with Gasteiger partial charge in [0.05, 0.1) is 26.4 Å². The molecule has 2 aliphatic heterocycles. The van der Waals surface area contributed by atoms with Crippen LogP contribution >= 0.6 is 0 Å². The van der Waals surface area contributed by atoms with Gasteiger partial charge in [-0.2, -0.15) is 0 Å². The van der Waals surface area contributed by atoms with E-state index in [4.69, 9.17) is 28.4 Å². The Balaban J connectivity index is 1.77. The van der Waals surface area contributed by atoms with Gasteiger partial charge in [-0.25, -0.2) is 0 Å². The second-order valence-electron chi connectivity index (χ2n) is 18.7. The van der Waals surface area contributed by atoms with E-state index in [0.29, 0.717) is 13.0 Å². The van der Waals surface area contributed by atoms with Crippen LogP contribution in [0.1, 0.15) is 168 Å². The molecular weight excluding hydrogens is 909 g/mol. The second kappa shape index (κ2) is 43.6. The molecule has 7 N–H and O–H groups in total. The smallest absolute Gasteiger partial charge is 0.306 e. The summed E-state index contributed by atoms with van der Waals surface area (Å²) in [5.74, 6) is -0.412. The van der Waals surface area contributed by atoms with Gasteiger partial charge in [0.1, 0.15) is 54.9 Å². The van der Waals surface area contributed by atoms with Gasteiger partial charge in [0.25, 0.3) is 0 Å². The van der Waals surface area contributed by atoms with Crippen molar-refractivity contribution in [1.82, 2.24) is 0 Å². The molecule has 408 valence electrons. The maximum atomic E-state index is 13.0. The molecular formula is C57H96O14.